The SMILES string of the molecule is CN(CCCCCBr)C(=O)c1ccccc1Br. The zero-order chi connectivity index (χ0) is 12.7. The summed E-state index contributed by atoms with van der Waals surface area (Å²) < 4.78 is 0.859. The van der Waals surface area contributed by atoms with Crippen molar-refractivity contribution >= 4 is 37.8 Å². The Labute approximate surface area is 120 Å². The minimum Gasteiger partial charge on any atom is -0.342 e. The van der Waals surface area contributed by atoms with E-state index in [0.717, 1.165) is 41.2 Å². The normalized spacial score (nSPS) is 10.3. The quantitative estimate of drug-likeness (QED) is 0.551. The number of carbonyl (C=O) groups excluding carboxylic acids is 1. The van der Waals surface area contributed by atoms with E-state index in [2.05, 4.69) is 31.9 Å². The molecule has 0 atom stereocenters. The molecule has 0 spiro atoms. The summed E-state index contributed by atoms with van der Waals surface area (Å²) in [6, 6.07) is 7.54. The fourth-order valence-corrected chi connectivity index (χ4v) is 2.41. The van der Waals surface area contributed by atoms with Gasteiger partial charge in [0.05, 0.1) is 5.56 Å². The highest BCUT2D eigenvalue weighted by Gasteiger charge is 2.13. The zero-order valence-corrected chi connectivity index (χ0v) is 13.1. The second-order valence-electron chi connectivity index (χ2n) is 3.96. The van der Waals surface area contributed by atoms with Gasteiger partial charge in [-0.2, -0.15) is 0 Å². The van der Waals surface area contributed by atoms with Gasteiger partial charge in [0.2, 0.25) is 0 Å². The smallest absolute Gasteiger partial charge is 0.254 e. The first-order valence-corrected chi connectivity index (χ1v) is 7.64. The molecule has 0 fully saturated rings. The summed E-state index contributed by atoms with van der Waals surface area (Å²) in [4.78, 5) is 13.9. The van der Waals surface area contributed by atoms with E-state index in [1.807, 2.05) is 31.3 Å². The Bertz CT molecular complexity index is 368. The molecule has 4 heteroatoms. The third-order valence-electron chi connectivity index (χ3n) is 2.58. The van der Waals surface area contributed by atoms with Gasteiger partial charge in [0.25, 0.3) is 5.91 Å². The molecule has 1 aromatic rings. The maximum atomic E-state index is 12.1. The molecule has 2 nitrogen and oxygen atoms in total. The van der Waals surface area contributed by atoms with E-state index in [1.54, 1.807) is 4.90 Å². The van der Waals surface area contributed by atoms with Gasteiger partial charge in [-0.05, 0) is 40.9 Å². The third-order valence-corrected chi connectivity index (χ3v) is 3.83. The molecule has 17 heavy (non-hydrogen) atoms. The summed E-state index contributed by atoms with van der Waals surface area (Å²) in [5.74, 6) is 0.0799. The van der Waals surface area contributed by atoms with Crippen LogP contribution in [0.5, 0.6) is 0 Å². The molecule has 0 radical (unpaired) electrons. The van der Waals surface area contributed by atoms with Crippen molar-refractivity contribution in [1.82, 2.24) is 4.90 Å². The minimum atomic E-state index is 0.0799. The van der Waals surface area contributed by atoms with Crippen molar-refractivity contribution in [1.29, 1.82) is 0 Å². The second-order valence-corrected chi connectivity index (χ2v) is 5.60. The van der Waals surface area contributed by atoms with Crippen LogP contribution in [-0.2, 0) is 0 Å². The fourth-order valence-electron chi connectivity index (χ4n) is 1.56. The third kappa shape index (κ3) is 4.80. The molecule has 1 amide bonds. The lowest BCUT2D eigenvalue weighted by atomic mass is 10.2. The lowest BCUT2D eigenvalue weighted by Crippen LogP contribution is -2.28. The molecule has 0 saturated carbocycles. The molecule has 0 N–H and O–H groups in total. The molecule has 0 unspecified atom stereocenters. The van der Waals surface area contributed by atoms with Crippen molar-refractivity contribution in [2.75, 3.05) is 18.9 Å². The molecule has 0 bridgehead atoms. The Morgan fingerprint density at radius 2 is 1.94 bits per heavy atom. The van der Waals surface area contributed by atoms with Crippen molar-refractivity contribution in [3.8, 4) is 0 Å². The van der Waals surface area contributed by atoms with Crippen molar-refractivity contribution in [2.45, 2.75) is 19.3 Å². The second kappa shape index (κ2) is 7.88. The van der Waals surface area contributed by atoms with E-state index >= 15 is 0 Å². The Morgan fingerprint density at radius 3 is 2.59 bits per heavy atom. The topological polar surface area (TPSA) is 20.3 Å². The van der Waals surface area contributed by atoms with E-state index < -0.39 is 0 Å². The summed E-state index contributed by atoms with van der Waals surface area (Å²) >= 11 is 6.81. The molecule has 0 saturated heterocycles. The lowest BCUT2D eigenvalue weighted by molar-refractivity contribution is 0.0792. The first-order valence-electron chi connectivity index (χ1n) is 5.72. The van der Waals surface area contributed by atoms with E-state index in [1.165, 1.54) is 0 Å². The van der Waals surface area contributed by atoms with Gasteiger partial charge in [-0.3, -0.25) is 4.79 Å². The van der Waals surface area contributed by atoms with Crippen molar-refractivity contribution in [2.24, 2.45) is 0 Å². The molecule has 94 valence electrons. The number of benzene rings is 1. The summed E-state index contributed by atoms with van der Waals surface area (Å²) in [5.41, 5.74) is 0.732. The minimum absolute atomic E-state index is 0.0799. The van der Waals surface area contributed by atoms with Crippen LogP contribution in [0.4, 0.5) is 0 Å². The maximum absolute atomic E-state index is 12.1. The van der Waals surface area contributed by atoms with Crippen molar-refractivity contribution in [3.05, 3.63) is 34.3 Å². The van der Waals surface area contributed by atoms with Crippen LogP contribution >= 0.6 is 31.9 Å². The number of hydrogen-bond donors (Lipinski definition) is 0. The van der Waals surface area contributed by atoms with Gasteiger partial charge in [0, 0.05) is 23.4 Å². The molecule has 0 aliphatic heterocycles. The van der Waals surface area contributed by atoms with Crippen LogP contribution in [0.25, 0.3) is 0 Å². The van der Waals surface area contributed by atoms with Crippen LogP contribution in [0.2, 0.25) is 0 Å². The number of amides is 1. The van der Waals surface area contributed by atoms with Crippen LogP contribution in [0.3, 0.4) is 0 Å². The lowest BCUT2D eigenvalue weighted by Gasteiger charge is -2.17. The summed E-state index contributed by atoms with van der Waals surface area (Å²) in [6.07, 6.45) is 3.37. The van der Waals surface area contributed by atoms with Gasteiger partial charge >= 0.3 is 0 Å². The first kappa shape index (κ1) is 14.7. The average Bonchev–Trinajstić information content (AvgIpc) is 2.34. The number of rotatable bonds is 6. The summed E-state index contributed by atoms with van der Waals surface area (Å²) in [7, 11) is 1.86. The molecule has 1 rings (SSSR count). The van der Waals surface area contributed by atoms with E-state index in [4.69, 9.17) is 0 Å². The van der Waals surface area contributed by atoms with Crippen molar-refractivity contribution in [3.63, 3.8) is 0 Å². The number of alkyl halides is 1. The number of carbonyl (C=O) groups is 1. The number of hydrogen-bond acceptors (Lipinski definition) is 1. The molecule has 0 aliphatic rings. The Balaban J connectivity index is 2.49. The van der Waals surface area contributed by atoms with Gasteiger partial charge in [0.15, 0.2) is 0 Å². The highest BCUT2D eigenvalue weighted by molar-refractivity contribution is 9.10. The number of unbranched alkanes of at least 4 members (excludes halogenated alkanes) is 2. The van der Waals surface area contributed by atoms with E-state index in [-0.39, 0.29) is 5.91 Å². The van der Waals surface area contributed by atoms with Gasteiger partial charge in [0.1, 0.15) is 0 Å². The predicted octanol–water partition coefficient (Wildman–Crippen LogP) is 4.09. The largest absolute Gasteiger partial charge is 0.342 e. The van der Waals surface area contributed by atoms with Gasteiger partial charge in [-0.15, -0.1) is 0 Å². The monoisotopic (exact) mass is 361 g/mol. The van der Waals surface area contributed by atoms with Crippen LogP contribution in [0.15, 0.2) is 28.7 Å². The maximum Gasteiger partial charge on any atom is 0.254 e. The van der Waals surface area contributed by atoms with Gasteiger partial charge in [-0.1, -0.05) is 34.5 Å². The standard InChI is InChI=1S/C13H17Br2NO/c1-16(10-6-2-5-9-14)13(17)11-7-3-4-8-12(11)15/h3-4,7-8H,2,5-6,9-10H2,1H3. The predicted molar refractivity (Wildman–Crippen MR) is 78.7 cm³/mol. The molecule has 1 aromatic carbocycles. The number of halogens is 2. The Kier molecular flexibility index (Phi) is 6.82. The fraction of sp³-hybridized carbons (Fsp3) is 0.462. The van der Waals surface area contributed by atoms with Gasteiger partial charge < -0.3 is 4.90 Å². The Hall–Kier alpha value is -0.350. The zero-order valence-electron chi connectivity index (χ0n) is 9.96. The van der Waals surface area contributed by atoms with Crippen molar-refractivity contribution < 1.29 is 4.79 Å². The highest BCUT2D eigenvalue weighted by atomic mass is 79.9. The van der Waals surface area contributed by atoms with E-state index in [9.17, 15) is 4.79 Å². The Morgan fingerprint density at radius 1 is 1.24 bits per heavy atom. The van der Waals surface area contributed by atoms with Crippen LogP contribution in [0.1, 0.15) is 29.6 Å². The molecule has 0 heterocycles. The number of nitrogens with zero attached hydrogens (tertiary/aromatic N) is 1. The summed E-state index contributed by atoms with van der Waals surface area (Å²) in [6.45, 7) is 0.813. The average molecular weight is 363 g/mol. The summed E-state index contributed by atoms with van der Waals surface area (Å²) in [5, 5.41) is 1.04. The first-order chi connectivity index (χ1) is 8.16. The van der Waals surface area contributed by atoms with Crippen LogP contribution in [-0.4, -0.2) is 29.7 Å². The molecule has 0 aliphatic carbocycles. The van der Waals surface area contributed by atoms with E-state index in [0.29, 0.717) is 0 Å². The van der Waals surface area contributed by atoms with Crippen LogP contribution < -0.4 is 0 Å². The molecular formula is C13H17Br2NO. The highest BCUT2D eigenvalue weighted by Crippen LogP contribution is 2.17. The van der Waals surface area contributed by atoms with Crippen LogP contribution in [0, 0.1) is 0 Å². The van der Waals surface area contributed by atoms with Gasteiger partial charge in [-0.25, -0.2) is 0 Å². The molecular weight excluding hydrogens is 346 g/mol. The molecule has 0 aromatic heterocycles.